The van der Waals surface area contributed by atoms with Crippen LogP contribution in [-0.4, -0.2) is 27.4 Å². The summed E-state index contributed by atoms with van der Waals surface area (Å²) in [6.45, 7) is 0. The Hall–Kier alpha value is -3.17. The molecular formula is C23H22N2O5S2. The number of ether oxygens (including phenoxy) is 1. The Morgan fingerprint density at radius 2 is 1.66 bits per heavy atom. The molecule has 2 N–H and O–H groups in total. The molecule has 1 aliphatic rings. The fraction of sp³-hybridized carbons (Fsp3) is 0.217. The van der Waals surface area contributed by atoms with Crippen molar-refractivity contribution in [3.05, 3.63) is 76.2 Å². The minimum atomic E-state index is -3.72. The van der Waals surface area contributed by atoms with E-state index in [1.807, 2.05) is 0 Å². The van der Waals surface area contributed by atoms with Crippen LogP contribution in [0, 0.1) is 0 Å². The highest BCUT2D eigenvalue weighted by Gasteiger charge is 2.27. The van der Waals surface area contributed by atoms with Crippen molar-refractivity contribution in [1.29, 1.82) is 0 Å². The molecule has 1 heterocycles. The van der Waals surface area contributed by atoms with Crippen LogP contribution < -0.4 is 10.0 Å². The minimum absolute atomic E-state index is 0.152. The van der Waals surface area contributed by atoms with E-state index in [0.717, 1.165) is 36.1 Å². The van der Waals surface area contributed by atoms with E-state index in [2.05, 4.69) is 10.0 Å². The standard InChI is InChI=1S/C23H22N2O5S2/c1-30-23(27)20-18-9-5-6-10-19(18)31-22(20)24-21(26)15-11-13-16(14-12-15)25-32(28,29)17-7-3-2-4-8-17/h2-4,7-8,11-14,25H,5-6,9-10H2,1H3,(H,24,26). The first kappa shape index (κ1) is 22.0. The smallest absolute Gasteiger partial charge is 0.341 e. The Balaban J connectivity index is 1.52. The molecule has 0 aliphatic heterocycles. The third-order valence-corrected chi connectivity index (χ3v) is 7.85. The summed E-state index contributed by atoms with van der Waals surface area (Å²) in [6.07, 6.45) is 3.74. The first-order chi connectivity index (χ1) is 15.4. The van der Waals surface area contributed by atoms with Crippen molar-refractivity contribution in [3.63, 3.8) is 0 Å². The molecule has 0 saturated heterocycles. The molecule has 166 valence electrons. The van der Waals surface area contributed by atoms with Gasteiger partial charge >= 0.3 is 5.97 Å². The third kappa shape index (κ3) is 4.53. The molecule has 0 unspecified atom stereocenters. The Morgan fingerprint density at radius 1 is 0.969 bits per heavy atom. The van der Waals surface area contributed by atoms with Gasteiger partial charge in [0.05, 0.1) is 17.6 Å². The van der Waals surface area contributed by atoms with Crippen molar-refractivity contribution in [2.45, 2.75) is 30.6 Å². The number of rotatable bonds is 6. The van der Waals surface area contributed by atoms with Crippen molar-refractivity contribution in [3.8, 4) is 0 Å². The second-order valence-corrected chi connectivity index (χ2v) is 10.1. The maximum atomic E-state index is 12.8. The number of amides is 1. The Morgan fingerprint density at radius 3 is 2.34 bits per heavy atom. The van der Waals surface area contributed by atoms with Crippen LogP contribution in [0.25, 0.3) is 0 Å². The number of methoxy groups -OCH3 is 1. The van der Waals surface area contributed by atoms with Gasteiger partial charge < -0.3 is 10.1 Å². The lowest BCUT2D eigenvalue weighted by Gasteiger charge is -2.12. The van der Waals surface area contributed by atoms with Crippen LogP contribution >= 0.6 is 11.3 Å². The highest BCUT2D eigenvalue weighted by molar-refractivity contribution is 7.92. The maximum Gasteiger partial charge on any atom is 0.341 e. The van der Waals surface area contributed by atoms with E-state index in [-0.39, 0.29) is 10.8 Å². The number of sulfonamides is 1. The van der Waals surface area contributed by atoms with E-state index < -0.39 is 16.0 Å². The van der Waals surface area contributed by atoms with Gasteiger partial charge in [-0.1, -0.05) is 18.2 Å². The zero-order valence-corrected chi connectivity index (χ0v) is 19.0. The highest BCUT2D eigenvalue weighted by atomic mass is 32.2. The van der Waals surface area contributed by atoms with Crippen LogP contribution in [0.3, 0.4) is 0 Å². The molecule has 0 bridgehead atoms. The number of nitrogens with one attached hydrogen (secondary N) is 2. The Kier molecular flexibility index (Phi) is 6.29. The van der Waals surface area contributed by atoms with Crippen LogP contribution in [-0.2, 0) is 27.6 Å². The summed E-state index contributed by atoms with van der Waals surface area (Å²) >= 11 is 1.41. The molecule has 32 heavy (non-hydrogen) atoms. The van der Waals surface area contributed by atoms with Gasteiger partial charge in [-0.05, 0) is 67.6 Å². The molecule has 1 aliphatic carbocycles. The summed E-state index contributed by atoms with van der Waals surface area (Å²) in [4.78, 5) is 26.4. The molecule has 1 aromatic heterocycles. The number of fused-ring (bicyclic) bond motifs is 1. The van der Waals surface area contributed by atoms with Crippen molar-refractivity contribution in [2.24, 2.45) is 0 Å². The molecule has 9 heteroatoms. The Labute approximate surface area is 190 Å². The summed E-state index contributed by atoms with van der Waals surface area (Å²) in [5.41, 5.74) is 2.09. The summed E-state index contributed by atoms with van der Waals surface area (Å²) in [6, 6.07) is 14.1. The quantitative estimate of drug-likeness (QED) is 0.518. The van der Waals surface area contributed by atoms with Crippen molar-refractivity contribution >= 4 is 43.9 Å². The van der Waals surface area contributed by atoms with Gasteiger partial charge in [0.25, 0.3) is 15.9 Å². The molecule has 0 radical (unpaired) electrons. The molecule has 0 fully saturated rings. The molecule has 0 spiro atoms. The lowest BCUT2D eigenvalue weighted by Crippen LogP contribution is -2.15. The largest absolute Gasteiger partial charge is 0.465 e. The molecule has 3 aromatic rings. The van der Waals surface area contributed by atoms with Crippen LogP contribution in [0.15, 0.2) is 59.5 Å². The van der Waals surface area contributed by atoms with Gasteiger partial charge in [0.15, 0.2) is 0 Å². The molecule has 2 aromatic carbocycles. The van der Waals surface area contributed by atoms with Crippen molar-refractivity contribution < 1.29 is 22.7 Å². The second-order valence-electron chi connectivity index (χ2n) is 7.36. The van der Waals surface area contributed by atoms with Crippen LogP contribution in [0.1, 0.15) is 44.0 Å². The van der Waals surface area contributed by atoms with E-state index in [1.165, 1.54) is 54.8 Å². The van der Waals surface area contributed by atoms with E-state index in [4.69, 9.17) is 4.74 Å². The summed E-state index contributed by atoms with van der Waals surface area (Å²) < 4.78 is 32.3. The van der Waals surface area contributed by atoms with E-state index in [1.54, 1.807) is 18.2 Å². The molecule has 0 saturated carbocycles. The number of anilines is 2. The number of hydrogen-bond acceptors (Lipinski definition) is 6. The monoisotopic (exact) mass is 470 g/mol. The number of hydrogen-bond donors (Lipinski definition) is 2. The van der Waals surface area contributed by atoms with Gasteiger partial charge in [0.2, 0.25) is 0 Å². The highest BCUT2D eigenvalue weighted by Crippen LogP contribution is 2.38. The normalized spacial score (nSPS) is 13.2. The molecule has 7 nitrogen and oxygen atoms in total. The lowest BCUT2D eigenvalue weighted by atomic mass is 9.95. The number of benzene rings is 2. The van der Waals surface area contributed by atoms with Gasteiger partial charge in [-0.25, -0.2) is 13.2 Å². The predicted octanol–water partition coefficient (Wildman–Crippen LogP) is 4.47. The molecule has 4 rings (SSSR count). The van der Waals surface area contributed by atoms with E-state index in [0.29, 0.717) is 21.8 Å². The molecule has 1 amide bonds. The lowest BCUT2D eigenvalue weighted by molar-refractivity contribution is 0.0601. The van der Waals surface area contributed by atoms with Crippen molar-refractivity contribution in [2.75, 3.05) is 17.1 Å². The van der Waals surface area contributed by atoms with Crippen LogP contribution in [0.4, 0.5) is 10.7 Å². The molecule has 0 atom stereocenters. The second kappa shape index (κ2) is 9.13. The number of aryl methyl sites for hydroxylation is 1. The van der Waals surface area contributed by atoms with Crippen LogP contribution in [0.5, 0.6) is 0 Å². The van der Waals surface area contributed by atoms with Gasteiger partial charge in [0, 0.05) is 16.1 Å². The number of carbonyl (C=O) groups excluding carboxylic acids is 2. The average molecular weight is 471 g/mol. The predicted molar refractivity (Wildman–Crippen MR) is 124 cm³/mol. The fourth-order valence-electron chi connectivity index (χ4n) is 3.65. The topological polar surface area (TPSA) is 102 Å². The number of carbonyl (C=O) groups is 2. The van der Waals surface area contributed by atoms with Gasteiger partial charge in [-0.2, -0.15) is 0 Å². The summed E-state index contributed by atoms with van der Waals surface area (Å²) in [5.74, 6) is -0.836. The summed E-state index contributed by atoms with van der Waals surface area (Å²) in [7, 11) is -2.39. The average Bonchev–Trinajstić information content (AvgIpc) is 3.17. The van der Waals surface area contributed by atoms with Gasteiger partial charge in [-0.3, -0.25) is 9.52 Å². The van der Waals surface area contributed by atoms with E-state index >= 15 is 0 Å². The van der Waals surface area contributed by atoms with E-state index in [9.17, 15) is 18.0 Å². The van der Waals surface area contributed by atoms with Crippen LogP contribution in [0.2, 0.25) is 0 Å². The minimum Gasteiger partial charge on any atom is -0.465 e. The number of esters is 1. The van der Waals surface area contributed by atoms with Gasteiger partial charge in [-0.15, -0.1) is 11.3 Å². The fourth-order valence-corrected chi connectivity index (χ4v) is 6.00. The SMILES string of the molecule is COC(=O)c1c(NC(=O)c2ccc(NS(=O)(=O)c3ccccc3)cc2)sc2c1CCCC2. The summed E-state index contributed by atoms with van der Waals surface area (Å²) in [5, 5.41) is 3.32. The van der Waals surface area contributed by atoms with Crippen molar-refractivity contribution in [1.82, 2.24) is 0 Å². The molecular weight excluding hydrogens is 448 g/mol. The first-order valence-electron chi connectivity index (χ1n) is 10.1. The Bertz CT molecular complexity index is 1250. The zero-order valence-electron chi connectivity index (χ0n) is 17.4. The third-order valence-electron chi connectivity index (χ3n) is 5.24. The maximum absolute atomic E-state index is 12.8. The zero-order chi connectivity index (χ0) is 22.7. The van der Waals surface area contributed by atoms with Gasteiger partial charge in [0.1, 0.15) is 5.00 Å². The number of thiophene rings is 1. The first-order valence-corrected chi connectivity index (χ1v) is 12.4.